The molecule has 0 atom stereocenters. The summed E-state index contributed by atoms with van der Waals surface area (Å²) >= 11 is 4.97. The van der Waals surface area contributed by atoms with E-state index in [4.69, 9.17) is 12.2 Å². The fourth-order valence-corrected chi connectivity index (χ4v) is 1.27. The van der Waals surface area contributed by atoms with Crippen molar-refractivity contribution >= 4 is 18.1 Å². The van der Waals surface area contributed by atoms with Crippen LogP contribution in [0.2, 0.25) is 0 Å². The first kappa shape index (κ1) is 9.91. The zero-order valence-corrected chi connectivity index (χ0v) is 8.44. The molecular weight excluding hydrogens is 188 g/mol. The Morgan fingerprint density at radius 3 is 2.92 bits per heavy atom. The van der Waals surface area contributed by atoms with Gasteiger partial charge in [0.1, 0.15) is 5.82 Å². The number of aromatic amines is 1. The summed E-state index contributed by atoms with van der Waals surface area (Å²) in [5, 5.41) is 9.15. The predicted octanol–water partition coefficient (Wildman–Crippen LogP) is 0.385. The zero-order valence-electron chi connectivity index (χ0n) is 7.63. The van der Waals surface area contributed by atoms with Gasteiger partial charge < -0.3 is 9.88 Å². The molecule has 1 aromatic heterocycles. The normalized spacial score (nSPS) is 10.0. The lowest BCUT2D eigenvalue weighted by atomic mass is 10.4. The molecule has 0 saturated carbocycles. The molecule has 0 saturated heterocycles. The van der Waals surface area contributed by atoms with Gasteiger partial charge in [-0.1, -0.05) is 0 Å². The highest BCUT2D eigenvalue weighted by atomic mass is 32.1. The Bertz CT molecular complexity index is 354. The molecule has 1 heterocycles. The van der Waals surface area contributed by atoms with E-state index >= 15 is 0 Å². The molecule has 0 aliphatic carbocycles. The summed E-state index contributed by atoms with van der Waals surface area (Å²) in [6.45, 7) is 2.41. The molecule has 1 amide bonds. The van der Waals surface area contributed by atoms with Crippen LogP contribution in [-0.2, 0) is 11.3 Å². The van der Waals surface area contributed by atoms with Crippen LogP contribution >= 0.6 is 12.2 Å². The van der Waals surface area contributed by atoms with Gasteiger partial charge in [0, 0.05) is 20.0 Å². The average Bonchev–Trinajstić information content (AvgIpc) is 2.43. The molecule has 1 rings (SSSR count). The monoisotopic (exact) mass is 200 g/mol. The molecule has 2 N–H and O–H groups in total. The molecule has 72 valence electrons. The van der Waals surface area contributed by atoms with Crippen LogP contribution < -0.4 is 5.32 Å². The first-order chi connectivity index (χ1) is 6.15. The van der Waals surface area contributed by atoms with Crippen LogP contribution in [0, 0.1) is 11.7 Å². The Morgan fingerprint density at radius 1 is 1.77 bits per heavy atom. The number of carbonyl (C=O) groups excluding carboxylic acids is 1. The van der Waals surface area contributed by atoms with Crippen molar-refractivity contribution < 1.29 is 4.79 Å². The summed E-state index contributed by atoms with van der Waals surface area (Å²) in [7, 11) is 1.61. The Kier molecular flexibility index (Phi) is 3.18. The number of hydrogen-bond donors (Lipinski definition) is 2. The van der Waals surface area contributed by atoms with E-state index < -0.39 is 0 Å². The summed E-state index contributed by atoms with van der Waals surface area (Å²) in [6, 6.07) is 0. The lowest BCUT2D eigenvalue weighted by Gasteiger charge is -2.02. The number of aromatic nitrogens is 3. The molecule has 0 unspecified atom stereocenters. The number of H-pyrrole nitrogens is 1. The summed E-state index contributed by atoms with van der Waals surface area (Å²) in [4.78, 5) is 10.9. The van der Waals surface area contributed by atoms with Gasteiger partial charge in [0.2, 0.25) is 5.91 Å². The summed E-state index contributed by atoms with van der Waals surface area (Å²) < 4.78 is 2.35. The second-order valence-electron chi connectivity index (χ2n) is 2.65. The van der Waals surface area contributed by atoms with Gasteiger partial charge in [-0.2, -0.15) is 5.10 Å². The predicted molar refractivity (Wildman–Crippen MR) is 50.8 cm³/mol. The minimum atomic E-state index is 0.00231. The van der Waals surface area contributed by atoms with E-state index in [2.05, 4.69) is 15.5 Å². The van der Waals surface area contributed by atoms with Gasteiger partial charge in [-0.15, -0.1) is 0 Å². The summed E-state index contributed by atoms with van der Waals surface area (Å²) in [6.07, 6.45) is 0.422. The van der Waals surface area contributed by atoms with Gasteiger partial charge in [0.25, 0.3) is 0 Å². The van der Waals surface area contributed by atoms with Crippen molar-refractivity contribution in [2.24, 2.45) is 0 Å². The third-order valence-electron chi connectivity index (χ3n) is 1.79. The van der Waals surface area contributed by atoms with Crippen LogP contribution in [0.3, 0.4) is 0 Å². The quantitative estimate of drug-likeness (QED) is 0.694. The SMILES string of the molecule is CNC(=O)CCn1c(C)n[nH]c1=S. The third-order valence-corrected chi connectivity index (χ3v) is 2.10. The number of aryl methyl sites for hydroxylation is 1. The maximum absolute atomic E-state index is 10.9. The molecule has 0 bridgehead atoms. The third kappa shape index (κ3) is 2.38. The van der Waals surface area contributed by atoms with Crippen LogP contribution in [0.1, 0.15) is 12.2 Å². The molecule has 6 heteroatoms. The Labute approximate surface area is 81.2 Å². The first-order valence-electron chi connectivity index (χ1n) is 3.97. The number of nitrogens with one attached hydrogen (secondary N) is 2. The Balaban J connectivity index is 2.64. The molecule has 0 spiro atoms. The molecule has 0 aromatic carbocycles. The van der Waals surface area contributed by atoms with E-state index in [0.29, 0.717) is 17.7 Å². The van der Waals surface area contributed by atoms with Crippen LogP contribution in [0.5, 0.6) is 0 Å². The van der Waals surface area contributed by atoms with E-state index in [9.17, 15) is 4.79 Å². The minimum Gasteiger partial charge on any atom is -0.359 e. The van der Waals surface area contributed by atoms with E-state index in [-0.39, 0.29) is 5.91 Å². The van der Waals surface area contributed by atoms with Crippen molar-refractivity contribution in [3.05, 3.63) is 10.6 Å². The van der Waals surface area contributed by atoms with Gasteiger partial charge in [0.05, 0.1) is 0 Å². The van der Waals surface area contributed by atoms with Gasteiger partial charge in [-0.25, -0.2) is 0 Å². The topological polar surface area (TPSA) is 62.7 Å². The second-order valence-corrected chi connectivity index (χ2v) is 3.04. The van der Waals surface area contributed by atoms with Gasteiger partial charge in [0.15, 0.2) is 4.77 Å². The maximum Gasteiger partial charge on any atom is 0.221 e. The second kappa shape index (κ2) is 4.18. The van der Waals surface area contributed by atoms with Crippen molar-refractivity contribution in [1.29, 1.82) is 0 Å². The first-order valence-corrected chi connectivity index (χ1v) is 4.38. The van der Waals surface area contributed by atoms with E-state index in [1.54, 1.807) is 11.6 Å². The summed E-state index contributed by atoms with van der Waals surface area (Å²) in [5.74, 6) is 0.802. The van der Waals surface area contributed by atoms with E-state index in [0.717, 1.165) is 5.82 Å². The number of carbonyl (C=O) groups is 1. The van der Waals surface area contributed by atoms with Crippen molar-refractivity contribution in [2.45, 2.75) is 19.9 Å². The Hall–Kier alpha value is -1.17. The van der Waals surface area contributed by atoms with Gasteiger partial charge >= 0.3 is 0 Å². The fraction of sp³-hybridized carbons (Fsp3) is 0.571. The number of nitrogens with zero attached hydrogens (tertiary/aromatic N) is 2. The molecule has 1 aromatic rings. The van der Waals surface area contributed by atoms with Crippen molar-refractivity contribution in [2.75, 3.05) is 7.05 Å². The van der Waals surface area contributed by atoms with Crippen LogP contribution in [0.15, 0.2) is 0 Å². The smallest absolute Gasteiger partial charge is 0.221 e. The standard InChI is InChI=1S/C7H12N4OS/c1-5-9-10-7(13)11(5)4-3-6(12)8-2/h3-4H2,1-2H3,(H,8,12)(H,10,13). The zero-order chi connectivity index (χ0) is 9.84. The van der Waals surface area contributed by atoms with E-state index in [1.165, 1.54) is 0 Å². The maximum atomic E-state index is 10.9. The molecule has 0 aliphatic heterocycles. The average molecular weight is 200 g/mol. The molecule has 13 heavy (non-hydrogen) atoms. The van der Waals surface area contributed by atoms with Gasteiger partial charge in [-0.05, 0) is 19.1 Å². The highest BCUT2D eigenvalue weighted by Gasteiger charge is 2.03. The molecule has 5 nitrogen and oxygen atoms in total. The number of amides is 1. The van der Waals surface area contributed by atoms with Crippen molar-refractivity contribution in [1.82, 2.24) is 20.1 Å². The molecule has 0 radical (unpaired) electrons. The minimum absolute atomic E-state index is 0.00231. The van der Waals surface area contributed by atoms with Crippen molar-refractivity contribution in [3.8, 4) is 0 Å². The largest absolute Gasteiger partial charge is 0.359 e. The van der Waals surface area contributed by atoms with Crippen LogP contribution in [0.4, 0.5) is 0 Å². The van der Waals surface area contributed by atoms with E-state index in [1.807, 2.05) is 6.92 Å². The van der Waals surface area contributed by atoms with Crippen LogP contribution in [0.25, 0.3) is 0 Å². The van der Waals surface area contributed by atoms with Crippen LogP contribution in [-0.4, -0.2) is 27.7 Å². The summed E-state index contributed by atoms with van der Waals surface area (Å²) in [5.41, 5.74) is 0. The molecule has 0 fully saturated rings. The molecule has 0 aliphatic rings. The lowest BCUT2D eigenvalue weighted by molar-refractivity contribution is -0.120. The lowest BCUT2D eigenvalue weighted by Crippen LogP contribution is -2.19. The Morgan fingerprint density at radius 2 is 2.46 bits per heavy atom. The highest BCUT2D eigenvalue weighted by molar-refractivity contribution is 7.71. The number of hydrogen-bond acceptors (Lipinski definition) is 3. The molecular formula is C7H12N4OS. The van der Waals surface area contributed by atoms with Crippen molar-refractivity contribution in [3.63, 3.8) is 0 Å². The van der Waals surface area contributed by atoms with Gasteiger partial charge in [-0.3, -0.25) is 9.89 Å². The number of rotatable bonds is 3. The highest BCUT2D eigenvalue weighted by Crippen LogP contribution is 1.97. The fourth-order valence-electron chi connectivity index (χ4n) is 0.998.